The summed E-state index contributed by atoms with van der Waals surface area (Å²) >= 11 is 11.1. The number of pyridine rings is 1. The Morgan fingerprint density at radius 3 is 2.92 bits per heavy atom. The van der Waals surface area contributed by atoms with E-state index >= 15 is 0 Å². The van der Waals surface area contributed by atoms with Gasteiger partial charge in [-0.2, -0.15) is 0 Å². The second kappa shape index (κ2) is 8.62. The van der Waals surface area contributed by atoms with Crippen LogP contribution in [0.5, 0.6) is 5.75 Å². The minimum absolute atomic E-state index is 0.555. The number of aromatic nitrogens is 2. The Bertz CT molecular complexity index is 858. The normalized spacial score (nSPS) is 10.7. The zero-order valence-electron chi connectivity index (χ0n) is 13.2. The fourth-order valence-electron chi connectivity index (χ4n) is 2.12. The van der Waals surface area contributed by atoms with Gasteiger partial charge in [-0.15, -0.1) is 0 Å². The summed E-state index contributed by atoms with van der Waals surface area (Å²) in [5.41, 5.74) is 7.29. The third-order valence-corrected chi connectivity index (χ3v) is 4.91. The highest BCUT2D eigenvalue weighted by atomic mass is 79.9. The maximum absolute atomic E-state index is 6.12. The van der Waals surface area contributed by atoms with Crippen molar-refractivity contribution in [3.05, 3.63) is 52.4 Å². The summed E-state index contributed by atoms with van der Waals surface area (Å²) < 4.78 is 6.70. The molecule has 1 aromatic carbocycles. The van der Waals surface area contributed by atoms with Gasteiger partial charge in [0.25, 0.3) is 0 Å². The maximum Gasteiger partial charge on any atom is 0.187 e. The van der Waals surface area contributed by atoms with Crippen molar-refractivity contribution in [3.8, 4) is 16.2 Å². The molecular weight excluding hydrogens is 424 g/mol. The van der Waals surface area contributed by atoms with Gasteiger partial charge >= 0.3 is 0 Å². The summed E-state index contributed by atoms with van der Waals surface area (Å²) in [5, 5.41) is 4.66. The van der Waals surface area contributed by atoms with Gasteiger partial charge in [0.1, 0.15) is 5.75 Å². The number of nitrogens with one attached hydrogen (secondary N) is 1. The fraction of sp³-hybridized carbons (Fsp3) is 0.176. The molecule has 0 aliphatic carbocycles. The number of thiazole rings is 1. The second-order valence-electron chi connectivity index (χ2n) is 5.18. The molecule has 5 nitrogen and oxygen atoms in total. The highest BCUT2D eigenvalue weighted by Crippen LogP contribution is 2.35. The molecule has 0 radical (unpaired) electrons. The van der Waals surface area contributed by atoms with Crippen molar-refractivity contribution in [3.63, 3.8) is 0 Å². The summed E-state index contributed by atoms with van der Waals surface area (Å²) in [6.07, 6.45) is 6.17. The molecule has 2 heterocycles. The van der Waals surface area contributed by atoms with E-state index in [4.69, 9.17) is 22.1 Å². The highest BCUT2D eigenvalue weighted by molar-refractivity contribution is 9.10. The molecule has 3 rings (SSSR count). The van der Waals surface area contributed by atoms with Gasteiger partial charge in [-0.25, -0.2) is 4.98 Å². The minimum atomic E-state index is 0.555. The molecule has 25 heavy (non-hydrogen) atoms. The maximum atomic E-state index is 6.12. The molecular formula is C17H16BrClN4OS. The smallest absolute Gasteiger partial charge is 0.187 e. The van der Waals surface area contributed by atoms with Crippen LogP contribution in [-0.4, -0.2) is 23.1 Å². The topological polar surface area (TPSA) is 73.1 Å². The molecule has 0 aliphatic rings. The monoisotopic (exact) mass is 438 g/mol. The van der Waals surface area contributed by atoms with Crippen molar-refractivity contribution >= 4 is 49.7 Å². The lowest BCUT2D eigenvalue weighted by Crippen LogP contribution is -2.07. The number of nitrogens with two attached hydrogens (primary N) is 1. The quantitative estimate of drug-likeness (QED) is 0.501. The summed E-state index contributed by atoms with van der Waals surface area (Å²) in [7, 11) is 0. The molecule has 0 aliphatic heterocycles. The van der Waals surface area contributed by atoms with Crippen LogP contribution in [0, 0.1) is 0 Å². The molecule has 0 saturated carbocycles. The lowest BCUT2D eigenvalue weighted by atomic mass is 10.2. The minimum Gasteiger partial charge on any atom is -0.491 e. The Morgan fingerprint density at radius 1 is 1.24 bits per heavy atom. The number of rotatable bonds is 7. The average Bonchev–Trinajstić information content (AvgIpc) is 3.06. The molecule has 0 fully saturated rings. The average molecular weight is 440 g/mol. The van der Waals surface area contributed by atoms with E-state index in [0.717, 1.165) is 37.9 Å². The summed E-state index contributed by atoms with van der Waals surface area (Å²) in [4.78, 5) is 9.63. The molecule has 3 aromatic rings. The number of ether oxygens (including phenoxy) is 1. The van der Waals surface area contributed by atoms with Gasteiger partial charge in [-0.3, -0.25) is 4.98 Å². The number of nitrogens with zero attached hydrogens (tertiary/aromatic N) is 2. The SMILES string of the molecule is NCCCOc1ccc(Cl)cc1Nc1ncc(-c2cncc(Br)c2)s1. The predicted molar refractivity (Wildman–Crippen MR) is 107 cm³/mol. The Hall–Kier alpha value is -1.67. The van der Waals surface area contributed by atoms with Crippen molar-refractivity contribution in [2.45, 2.75) is 6.42 Å². The van der Waals surface area contributed by atoms with Gasteiger partial charge in [-0.1, -0.05) is 22.9 Å². The number of benzene rings is 1. The lowest BCUT2D eigenvalue weighted by Gasteiger charge is -2.12. The van der Waals surface area contributed by atoms with E-state index in [9.17, 15) is 0 Å². The second-order valence-corrected chi connectivity index (χ2v) is 7.56. The van der Waals surface area contributed by atoms with E-state index in [1.54, 1.807) is 12.3 Å². The third-order valence-electron chi connectivity index (χ3n) is 3.28. The van der Waals surface area contributed by atoms with Crippen LogP contribution in [0.3, 0.4) is 0 Å². The molecule has 3 N–H and O–H groups in total. The van der Waals surface area contributed by atoms with Crippen molar-refractivity contribution in [2.24, 2.45) is 5.73 Å². The first kappa shape index (κ1) is 18.1. The Morgan fingerprint density at radius 2 is 2.12 bits per heavy atom. The van der Waals surface area contributed by atoms with E-state index in [1.807, 2.05) is 30.6 Å². The molecule has 2 aromatic heterocycles. The van der Waals surface area contributed by atoms with Gasteiger partial charge < -0.3 is 15.8 Å². The molecule has 130 valence electrons. The van der Waals surface area contributed by atoms with Crippen molar-refractivity contribution < 1.29 is 4.74 Å². The standard InChI is InChI=1S/C17H16BrClN4OS/c18-12-6-11(8-21-9-12)16-10-22-17(25-16)23-14-7-13(19)2-3-15(14)24-5-1-4-20/h2-3,6-10H,1,4-5,20H2,(H,22,23). The Labute approximate surface area is 163 Å². The molecule has 0 atom stereocenters. The van der Waals surface area contributed by atoms with Crippen LogP contribution in [0.1, 0.15) is 6.42 Å². The summed E-state index contributed by atoms with van der Waals surface area (Å²) in [6.45, 7) is 1.15. The molecule has 0 bridgehead atoms. The number of hydrogen-bond acceptors (Lipinski definition) is 6. The predicted octanol–water partition coefficient (Wildman–Crippen LogP) is 5.09. The molecule has 0 saturated heterocycles. The van der Waals surface area contributed by atoms with Crippen LogP contribution in [0.15, 0.2) is 47.3 Å². The van der Waals surface area contributed by atoms with Gasteiger partial charge in [-0.05, 0) is 53.2 Å². The van der Waals surface area contributed by atoms with Crippen LogP contribution >= 0.6 is 38.9 Å². The summed E-state index contributed by atoms with van der Waals surface area (Å²) in [6, 6.07) is 7.46. The van der Waals surface area contributed by atoms with Crippen LogP contribution in [0.25, 0.3) is 10.4 Å². The molecule has 8 heteroatoms. The van der Waals surface area contributed by atoms with Crippen molar-refractivity contribution in [1.82, 2.24) is 9.97 Å². The van der Waals surface area contributed by atoms with Crippen LogP contribution in [0.4, 0.5) is 10.8 Å². The lowest BCUT2D eigenvalue weighted by molar-refractivity contribution is 0.315. The number of halogens is 2. The van der Waals surface area contributed by atoms with Crippen LogP contribution in [-0.2, 0) is 0 Å². The fourth-order valence-corrected chi connectivity index (χ4v) is 3.46. The van der Waals surface area contributed by atoms with Crippen LogP contribution in [0.2, 0.25) is 5.02 Å². The number of hydrogen-bond donors (Lipinski definition) is 2. The van der Waals surface area contributed by atoms with E-state index in [1.165, 1.54) is 11.3 Å². The first-order valence-electron chi connectivity index (χ1n) is 7.62. The van der Waals surface area contributed by atoms with Crippen molar-refractivity contribution in [1.29, 1.82) is 0 Å². The summed E-state index contributed by atoms with van der Waals surface area (Å²) in [5.74, 6) is 0.721. The first-order valence-corrected chi connectivity index (χ1v) is 9.60. The third kappa shape index (κ3) is 4.92. The van der Waals surface area contributed by atoms with E-state index in [-0.39, 0.29) is 0 Å². The van der Waals surface area contributed by atoms with Gasteiger partial charge in [0.15, 0.2) is 5.13 Å². The first-order chi connectivity index (χ1) is 12.2. The van der Waals surface area contributed by atoms with E-state index in [2.05, 4.69) is 31.2 Å². The largest absolute Gasteiger partial charge is 0.491 e. The zero-order valence-corrected chi connectivity index (χ0v) is 16.4. The molecule has 0 amide bonds. The highest BCUT2D eigenvalue weighted by Gasteiger charge is 2.10. The van der Waals surface area contributed by atoms with Crippen LogP contribution < -0.4 is 15.8 Å². The number of anilines is 2. The molecule has 0 spiro atoms. The van der Waals surface area contributed by atoms with Gasteiger partial charge in [0, 0.05) is 33.6 Å². The van der Waals surface area contributed by atoms with Gasteiger partial charge in [0.2, 0.25) is 0 Å². The van der Waals surface area contributed by atoms with Crippen molar-refractivity contribution in [2.75, 3.05) is 18.5 Å². The Balaban J connectivity index is 1.79. The molecule has 0 unspecified atom stereocenters. The van der Waals surface area contributed by atoms with Gasteiger partial charge in [0.05, 0.1) is 17.2 Å². The van der Waals surface area contributed by atoms with E-state index < -0.39 is 0 Å². The Kier molecular flexibility index (Phi) is 6.25. The zero-order chi connectivity index (χ0) is 17.6. The van der Waals surface area contributed by atoms with E-state index in [0.29, 0.717) is 18.2 Å².